The molecule has 0 fully saturated rings. The van der Waals surface area contributed by atoms with Crippen molar-refractivity contribution in [3.05, 3.63) is 29.6 Å². The number of aromatic nitrogens is 2. The minimum atomic E-state index is -0.210. The van der Waals surface area contributed by atoms with Crippen LogP contribution in [0.15, 0.2) is 18.5 Å². The zero-order chi connectivity index (χ0) is 17.5. The Balaban J connectivity index is 2.21. The second kappa shape index (κ2) is 5.94. The highest BCUT2D eigenvalue weighted by atomic mass is 16.5. The summed E-state index contributed by atoms with van der Waals surface area (Å²) >= 11 is 0. The average Bonchev–Trinajstić information content (AvgIpc) is 2.51. The molecule has 1 aliphatic carbocycles. The van der Waals surface area contributed by atoms with Gasteiger partial charge in [-0.2, -0.15) is 0 Å². The number of nitrogens with zero attached hydrogens (tertiary/aromatic N) is 3. The van der Waals surface area contributed by atoms with Gasteiger partial charge in [0.05, 0.1) is 18.0 Å². The van der Waals surface area contributed by atoms with Crippen LogP contribution >= 0.6 is 0 Å². The predicted molar refractivity (Wildman–Crippen MR) is 95.4 cm³/mol. The molecule has 1 heterocycles. The fourth-order valence-corrected chi connectivity index (χ4v) is 3.59. The van der Waals surface area contributed by atoms with Crippen molar-refractivity contribution in [3.8, 4) is 17.0 Å². The Morgan fingerprint density at radius 3 is 2.79 bits per heavy atom. The van der Waals surface area contributed by atoms with E-state index in [-0.39, 0.29) is 11.2 Å². The number of ether oxygens (including phenoxy) is 1. The molecule has 6 heteroatoms. The van der Waals surface area contributed by atoms with Gasteiger partial charge >= 0.3 is 0 Å². The molecule has 0 amide bonds. The Labute approximate surface area is 142 Å². The maximum absolute atomic E-state index is 10.5. The molecule has 0 unspecified atom stereocenters. The van der Waals surface area contributed by atoms with E-state index in [9.17, 15) is 5.11 Å². The second-order valence-electron chi connectivity index (χ2n) is 6.92. The zero-order valence-electron chi connectivity index (χ0n) is 14.6. The standard InChI is InChI=1S/C18H24N4O2/c1-18(2)9-12-11(15-14(18)17(19)21-10-20-15)5-6-13(23)16(12)22(3)7-8-24-4/h5-6,10,23H,7-9H2,1-4H3,(H2,19,20,21). The van der Waals surface area contributed by atoms with Gasteiger partial charge in [0, 0.05) is 31.8 Å². The van der Waals surface area contributed by atoms with Crippen molar-refractivity contribution >= 4 is 11.5 Å². The Kier molecular flexibility index (Phi) is 4.09. The van der Waals surface area contributed by atoms with Crippen molar-refractivity contribution < 1.29 is 9.84 Å². The molecule has 0 radical (unpaired) electrons. The summed E-state index contributed by atoms with van der Waals surface area (Å²) in [6.07, 6.45) is 2.26. The number of likely N-dealkylation sites (N-methyl/N-ethyl adjacent to an activating group) is 1. The van der Waals surface area contributed by atoms with Gasteiger partial charge < -0.3 is 20.5 Å². The van der Waals surface area contributed by atoms with Crippen molar-refractivity contribution in [3.63, 3.8) is 0 Å². The smallest absolute Gasteiger partial charge is 0.139 e. The normalized spacial score (nSPS) is 14.8. The second-order valence-corrected chi connectivity index (χ2v) is 6.92. The van der Waals surface area contributed by atoms with Crippen molar-refractivity contribution in [1.82, 2.24) is 9.97 Å². The molecule has 0 atom stereocenters. The fourth-order valence-electron chi connectivity index (χ4n) is 3.59. The van der Waals surface area contributed by atoms with Crippen molar-refractivity contribution in [1.29, 1.82) is 0 Å². The third-order valence-corrected chi connectivity index (χ3v) is 4.70. The Morgan fingerprint density at radius 2 is 2.08 bits per heavy atom. The Bertz CT molecular complexity index is 774. The lowest BCUT2D eigenvalue weighted by atomic mass is 9.71. The van der Waals surface area contributed by atoms with Crippen LogP contribution in [0.25, 0.3) is 11.3 Å². The predicted octanol–water partition coefficient (Wildman–Crippen LogP) is 2.35. The number of nitrogens with two attached hydrogens (primary N) is 1. The molecule has 0 aliphatic heterocycles. The summed E-state index contributed by atoms with van der Waals surface area (Å²) in [5, 5.41) is 10.5. The third kappa shape index (κ3) is 2.57. The number of anilines is 2. The van der Waals surface area contributed by atoms with Gasteiger partial charge in [-0.1, -0.05) is 13.8 Å². The van der Waals surface area contributed by atoms with Crippen LogP contribution in [0, 0.1) is 0 Å². The van der Waals surface area contributed by atoms with Crippen LogP contribution < -0.4 is 10.6 Å². The summed E-state index contributed by atoms with van der Waals surface area (Å²) < 4.78 is 5.17. The van der Waals surface area contributed by atoms with Gasteiger partial charge in [-0.05, 0) is 29.5 Å². The highest BCUT2D eigenvalue weighted by Crippen LogP contribution is 2.48. The number of benzene rings is 1. The van der Waals surface area contributed by atoms with E-state index in [0.29, 0.717) is 19.0 Å². The minimum absolute atomic E-state index is 0.210. The molecule has 3 rings (SSSR count). The van der Waals surface area contributed by atoms with Crippen LogP contribution in [0.4, 0.5) is 11.5 Å². The molecular formula is C18H24N4O2. The highest BCUT2D eigenvalue weighted by Gasteiger charge is 2.36. The van der Waals surface area contributed by atoms with Crippen LogP contribution in [0.2, 0.25) is 0 Å². The Hall–Kier alpha value is -2.34. The highest BCUT2D eigenvalue weighted by molar-refractivity contribution is 5.82. The summed E-state index contributed by atoms with van der Waals surface area (Å²) in [5.41, 5.74) is 10.7. The van der Waals surface area contributed by atoms with E-state index in [0.717, 1.165) is 34.5 Å². The molecule has 6 nitrogen and oxygen atoms in total. The number of rotatable bonds is 4. The third-order valence-electron chi connectivity index (χ3n) is 4.70. The van der Waals surface area contributed by atoms with E-state index >= 15 is 0 Å². The number of methoxy groups -OCH3 is 1. The number of phenolic OH excluding ortho intramolecular Hbond substituents is 1. The molecular weight excluding hydrogens is 304 g/mol. The monoisotopic (exact) mass is 328 g/mol. The van der Waals surface area contributed by atoms with Gasteiger partial charge in [0.15, 0.2) is 0 Å². The van der Waals surface area contributed by atoms with Gasteiger partial charge in [0.2, 0.25) is 0 Å². The number of hydrogen-bond acceptors (Lipinski definition) is 6. The number of fused-ring (bicyclic) bond motifs is 3. The molecule has 24 heavy (non-hydrogen) atoms. The van der Waals surface area contributed by atoms with Gasteiger partial charge in [0.25, 0.3) is 0 Å². The summed E-state index contributed by atoms with van der Waals surface area (Å²) in [5.74, 6) is 0.798. The first-order valence-electron chi connectivity index (χ1n) is 8.03. The fraction of sp³-hybridized carbons (Fsp3) is 0.444. The average molecular weight is 328 g/mol. The van der Waals surface area contributed by atoms with Crippen molar-refractivity contribution in [2.75, 3.05) is 37.9 Å². The van der Waals surface area contributed by atoms with E-state index in [4.69, 9.17) is 10.5 Å². The summed E-state index contributed by atoms with van der Waals surface area (Å²) in [6.45, 7) is 5.56. The number of phenols is 1. The molecule has 0 saturated heterocycles. The zero-order valence-corrected chi connectivity index (χ0v) is 14.6. The van der Waals surface area contributed by atoms with Crippen molar-refractivity contribution in [2.24, 2.45) is 0 Å². The summed E-state index contributed by atoms with van der Waals surface area (Å²) in [6, 6.07) is 3.64. The van der Waals surface area contributed by atoms with E-state index in [2.05, 4.69) is 23.8 Å². The lowest BCUT2D eigenvalue weighted by Gasteiger charge is -2.36. The van der Waals surface area contributed by atoms with Crippen LogP contribution in [-0.2, 0) is 16.6 Å². The van der Waals surface area contributed by atoms with Crippen LogP contribution in [0.1, 0.15) is 25.0 Å². The van der Waals surface area contributed by atoms with Gasteiger partial charge in [-0.3, -0.25) is 0 Å². The van der Waals surface area contributed by atoms with E-state index in [1.165, 1.54) is 6.33 Å². The number of aromatic hydroxyl groups is 1. The first-order chi connectivity index (χ1) is 11.4. The van der Waals surface area contributed by atoms with Gasteiger partial charge in [-0.25, -0.2) is 9.97 Å². The van der Waals surface area contributed by atoms with Gasteiger partial charge in [0.1, 0.15) is 17.9 Å². The van der Waals surface area contributed by atoms with Crippen molar-refractivity contribution in [2.45, 2.75) is 25.7 Å². The minimum Gasteiger partial charge on any atom is -0.506 e. The summed E-state index contributed by atoms with van der Waals surface area (Å²) in [7, 11) is 3.64. The SMILES string of the molecule is COCCN(C)c1c(O)ccc2c1CC(C)(C)c1c(N)ncnc1-2. The molecule has 0 bridgehead atoms. The molecule has 1 aromatic heterocycles. The molecule has 2 aromatic rings. The number of nitrogen functional groups attached to an aromatic ring is 1. The first-order valence-corrected chi connectivity index (χ1v) is 8.03. The largest absolute Gasteiger partial charge is 0.506 e. The maximum atomic E-state index is 10.5. The lowest BCUT2D eigenvalue weighted by molar-refractivity contribution is 0.206. The van der Waals surface area contributed by atoms with Crippen LogP contribution in [0.5, 0.6) is 5.75 Å². The molecule has 128 valence electrons. The van der Waals surface area contributed by atoms with E-state index < -0.39 is 0 Å². The molecule has 0 spiro atoms. The first kappa shape index (κ1) is 16.5. The van der Waals surface area contributed by atoms with E-state index in [1.54, 1.807) is 13.2 Å². The molecule has 0 saturated carbocycles. The topological polar surface area (TPSA) is 84.5 Å². The van der Waals surface area contributed by atoms with Gasteiger partial charge in [-0.15, -0.1) is 0 Å². The van der Waals surface area contributed by atoms with E-state index in [1.807, 2.05) is 18.0 Å². The van der Waals surface area contributed by atoms with Crippen LogP contribution in [-0.4, -0.2) is 42.4 Å². The maximum Gasteiger partial charge on any atom is 0.139 e. The number of hydrogen-bond donors (Lipinski definition) is 2. The van der Waals surface area contributed by atoms with Crippen LogP contribution in [0.3, 0.4) is 0 Å². The Morgan fingerprint density at radius 1 is 1.33 bits per heavy atom. The molecule has 1 aliphatic rings. The quantitative estimate of drug-likeness (QED) is 0.896. The molecule has 3 N–H and O–H groups in total. The molecule has 1 aromatic carbocycles. The summed E-state index contributed by atoms with van der Waals surface area (Å²) in [4.78, 5) is 10.7. The lowest BCUT2D eigenvalue weighted by Crippen LogP contribution is -2.31.